The van der Waals surface area contributed by atoms with Crippen LogP contribution in [-0.2, 0) is 6.42 Å². The molecule has 1 aliphatic rings. The SMILES string of the molecule is CCCCCCCCC(O)C1Cc2ccccc2S1. The van der Waals surface area contributed by atoms with E-state index in [0.29, 0.717) is 5.25 Å². The molecule has 0 fully saturated rings. The summed E-state index contributed by atoms with van der Waals surface area (Å²) in [6, 6.07) is 8.56. The third kappa shape index (κ3) is 4.54. The minimum Gasteiger partial charge on any atom is -0.392 e. The highest BCUT2D eigenvalue weighted by Crippen LogP contribution is 2.39. The monoisotopic (exact) mass is 278 g/mol. The summed E-state index contributed by atoms with van der Waals surface area (Å²) in [4.78, 5) is 1.37. The number of aliphatic hydroxyl groups excluding tert-OH is 1. The van der Waals surface area contributed by atoms with Crippen LogP contribution in [-0.4, -0.2) is 16.5 Å². The first-order valence-electron chi connectivity index (χ1n) is 7.74. The van der Waals surface area contributed by atoms with Crippen molar-refractivity contribution >= 4 is 11.8 Å². The van der Waals surface area contributed by atoms with Gasteiger partial charge in [-0.2, -0.15) is 0 Å². The summed E-state index contributed by atoms with van der Waals surface area (Å²) in [5.74, 6) is 0. The Labute approximate surface area is 121 Å². The van der Waals surface area contributed by atoms with Crippen LogP contribution in [0.4, 0.5) is 0 Å². The number of thioether (sulfide) groups is 1. The summed E-state index contributed by atoms with van der Waals surface area (Å²) < 4.78 is 0. The van der Waals surface area contributed by atoms with E-state index in [1.165, 1.54) is 49.0 Å². The minimum absolute atomic E-state index is 0.136. The van der Waals surface area contributed by atoms with Gasteiger partial charge < -0.3 is 5.11 Å². The van der Waals surface area contributed by atoms with Crippen LogP contribution in [0.2, 0.25) is 0 Å². The van der Waals surface area contributed by atoms with Gasteiger partial charge in [0.05, 0.1) is 6.10 Å². The number of unbranched alkanes of at least 4 members (excludes halogenated alkanes) is 5. The summed E-state index contributed by atoms with van der Waals surface area (Å²) in [5, 5.41) is 10.7. The van der Waals surface area contributed by atoms with Gasteiger partial charge in [0.25, 0.3) is 0 Å². The molecule has 0 bridgehead atoms. The molecule has 0 saturated heterocycles. The van der Waals surface area contributed by atoms with Gasteiger partial charge in [-0.05, 0) is 24.5 Å². The standard InChI is InChI=1S/C17H26OS/c1-2-3-4-5-6-7-11-15(18)17-13-14-10-8-9-12-16(14)19-17/h8-10,12,15,17-18H,2-7,11,13H2,1H3. The first-order valence-corrected chi connectivity index (χ1v) is 8.62. The molecule has 0 saturated carbocycles. The van der Waals surface area contributed by atoms with Crippen molar-refractivity contribution in [1.29, 1.82) is 0 Å². The highest BCUT2D eigenvalue weighted by atomic mass is 32.2. The largest absolute Gasteiger partial charge is 0.392 e. The summed E-state index contributed by atoms with van der Waals surface area (Å²) in [5.41, 5.74) is 1.42. The highest BCUT2D eigenvalue weighted by molar-refractivity contribution is 8.00. The van der Waals surface area contributed by atoms with Gasteiger partial charge in [-0.3, -0.25) is 0 Å². The van der Waals surface area contributed by atoms with E-state index in [-0.39, 0.29) is 6.10 Å². The molecule has 0 amide bonds. The Balaban J connectivity index is 1.64. The Morgan fingerprint density at radius 2 is 1.89 bits per heavy atom. The lowest BCUT2D eigenvalue weighted by atomic mass is 10.0. The molecule has 2 rings (SSSR count). The second-order valence-corrected chi connectivity index (χ2v) is 6.87. The lowest BCUT2D eigenvalue weighted by Gasteiger charge is -2.16. The molecule has 2 heteroatoms. The molecule has 1 aromatic rings. The second-order valence-electron chi connectivity index (χ2n) is 5.59. The van der Waals surface area contributed by atoms with Crippen molar-refractivity contribution in [2.75, 3.05) is 0 Å². The van der Waals surface area contributed by atoms with Gasteiger partial charge in [0.15, 0.2) is 0 Å². The fourth-order valence-electron chi connectivity index (χ4n) is 2.74. The predicted molar refractivity (Wildman–Crippen MR) is 83.8 cm³/mol. The Bertz CT molecular complexity index is 352. The highest BCUT2D eigenvalue weighted by Gasteiger charge is 2.27. The van der Waals surface area contributed by atoms with Gasteiger partial charge >= 0.3 is 0 Å². The van der Waals surface area contributed by atoms with Crippen molar-refractivity contribution in [2.24, 2.45) is 0 Å². The Kier molecular flexibility index (Phi) is 6.25. The van der Waals surface area contributed by atoms with Crippen molar-refractivity contribution in [1.82, 2.24) is 0 Å². The van der Waals surface area contributed by atoms with Gasteiger partial charge in [-0.15, -0.1) is 11.8 Å². The van der Waals surface area contributed by atoms with E-state index < -0.39 is 0 Å². The van der Waals surface area contributed by atoms with E-state index in [4.69, 9.17) is 0 Å². The van der Waals surface area contributed by atoms with Crippen molar-refractivity contribution in [3.05, 3.63) is 29.8 Å². The van der Waals surface area contributed by atoms with Crippen molar-refractivity contribution < 1.29 is 5.11 Å². The minimum atomic E-state index is -0.136. The smallest absolute Gasteiger partial charge is 0.0665 e. The Morgan fingerprint density at radius 3 is 2.68 bits per heavy atom. The average molecular weight is 278 g/mol. The molecule has 0 radical (unpaired) electrons. The van der Waals surface area contributed by atoms with E-state index >= 15 is 0 Å². The lowest BCUT2D eigenvalue weighted by Crippen LogP contribution is -2.22. The molecule has 19 heavy (non-hydrogen) atoms. The number of aliphatic hydroxyl groups is 1. The van der Waals surface area contributed by atoms with Crippen LogP contribution in [0.1, 0.15) is 57.4 Å². The van der Waals surface area contributed by atoms with Gasteiger partial charge in [0, 0.05) is 10.1 Å². The molecule has 0 aliphatic carbocycles. The topological polar surface area (TPSA) is 20.2 Å². The van der Waals surface area contributed by atoms with Crippen LogP contribution in [0.3, 0.4) is 0 Å². The maximum Gasteiger partial charge on any atom is 0.0665 e. The van der Waals surface area contributed by atoms with Crippen LogP contribution in [0.15, 0.2) is 29.2 Å². The molecule has 0 aromatic heterocycles. The molecular formula is C17H26OS. The van der Waals surface area contributed by atoms with Gasteiger partial charge in [-0.25, -0.2) is 0 Å². The molecule has 1 aliphatic heterocycles. The molecular weight excluding hydrogens is 252 g/mol. The summed E-state index contributed by atoms with van der Waals surface area (Å²) >= 11 is 1.87. The molecule has 1 aromatic carbocycles. The molecule has 1 nitrogen and oxygen atoms in total. The summed E-state index contributed by atoms with van der Waals surface area (Å²) in [7, 11) is 0. The second kappa shape index (κ2) is 7.96. The first kappa shape index (κ1) is 14.9. The zero-order chi connectivity index (χ0) is 13.5. The van der Waals surface area contributed by atoms with Gasteiger partial charge in [-0.1, -0.05) is 63.6 Å². The fourth-order valence-corrected chi connectivity index (χ4v) is 4.09. The maximum absolute atomic E-state index is 10.3. The number of benzene rings is 1. The van der Waals surface area contributed by atoms with E-state index in [1.54, 1.807) is 0 Å². The number of rotatable bonds is 8. The first-order chi connectivity index (χ1) is 9.31. The predicted octanol–water partition coefficient (Wildman–Crippen LogP) is 4.81. The zero-order valence-electron chi connectivity index (χ0n) is 12.0. The van der Waals surface area contributed by atoms with Crippen molar-refractivity contribution in [3.63, 3.8) is 0 Å². The molecule has 1 heterocycles. The third-order valence-corrected chi connectivity index (χ3v) is 5.39. The van der Waals surface area contributed by atoms with E-state index in [2.05, 4.69) is 31.2 Å². The van der Waals surface area contributed by atoms with Crippen molar-refractivity contribution in [3.8, 4) is 0 Å². The number of hydrogen-bond acceptors (Lipinski definition) is 2. The van der Waals surface area contributed by atoms with E-state index in [0.717, 1.165) is 12.8 Å². The quantitative estimate of drug-likeness (QED) is 0.688. The number of fused-ring (bicyclic) bond motifs is 1. The van der Waals surface area contributed by atoms with Gasteiger partial charge in [0.1, 0.15) is 0 Å². The van der Waals surface area contributed by atoms with Crippen LogP contribution in [0.25, 0.3) is 0 Å². The Hall–Kier alpha value is -0.470. The van der Waals surface area contributed by atoms with Crippen molar-refractivity contribution in [2.45, 2.75) is 74.5 Å². The maximum atomic E-state index is 10.3. The van der Waals surface area contributed by atoms with Crippen LogP contribution >= 0.6 is 11.8 Å². The van der Waals surface area contributed by atoms with Crippen LogP contribution in [0, 0.1) is 0 Å². The van der Waals surface area contributed by atoms with Crippen LogP contribution < -0.4 is 0 Å². The average Bonchev–Trinajstić information content (AvgIpc) is 2.86. The molecule has 0 spiro atoms. The van der Waals surface area contributed by atoms with Crippen LogP contribution in [0.5, 0.6) is 0 Å². The fraction of sp³-hybridized carbons (Fsp3) is 0.647. The molecule has 106 valence electrons. The van der Waals surface area contributed by atoms with E-state index in [9.17, 15) is 5.11 Å². The summed E-state index contributed by atoms with van der Waals surface area (Å²) in [6.45, 7) is 2.25. The lowest BCUT2D eigenvalue weighted by molar-refractivity contribution is 0.158. The van der Waals surface area contributed by atoms with Gasteiger partial charge in [0.2, 0.25) is 0 Å². The Morgan fingerprint density at radius 1 is 1.16 bits per heavy atom. The molecule has 2 unspecified atom stereocenters. The summed E-state index contributed by atoms with van der Waals surface area (Å²) in [6.07, 6.45) is 9.68. The molecule has 1 N–H and O–H groups in total. The number of hydrogen-bond donors (Lipinski definition) is 1. The molecule has 2 atom stereocenters. The third-order valence-electron chi connectivity index (χ3n) is 3.95. The zero-order valence-corrected chi connectivity index (χ0v) is 12.8. The normalized spacial score (nSPS) is 19.4. The van der Waals surface area contributed by atoms with E-state index in [1.807, 2.05) is 11.8 Å².